The molecule has 3 atom stereocenters. The van der Waals surface area contributed by atoms with Crippen LogP contribution in [0.5, 0.6) is 5.75 Å². The maximum atomic E-state index is 9.35. The summed E-state index contributed by atoms with van der Waals surface area (Å²) in [5.41, 5.74) is 1.19. The van der Waals surface area contributed by atoms with Crippen molar-refractivity contribution in [3.8, 4) is 5.75 Å². The fourth-order valence-electron chi connectivity index (χ4n) is 2.16. The topological polar surface area (TPSA) is 32.8 Å². The molecule has 0 radical (unpaired) electrons. The van der Waals surface area contributed by atoms with Crippen LogP contribution in [0.1, 0.15) is 25.8 Å². The first kappa shape index (κ1) is 10.5. The van der Waals surface area contributed by atoms with Crippen LogP contribution in [0.25, 0.3) is 0 Å². The summed E-state index contributed by atoms with van der Waals surface area (Å²) in [5, 5.41) is 9.35. The highest BCUT2D eigenvalue weighted by Crippen LogP contribution is 2.33. The molecule has 3 unspecified atom stereocenters. The maximum Gasteiger partial charge on any atom is 0.115 e. The van der Waals surface area contributed by atoms with Gasteiger partial charge in [-0.25, -0.2) is 0 Å². The van der Waals surface area contributed by atoms with Crippen molar-refractivity contribution in [1.29, 1.82) is 0 Å². The molecule has 2 heteroatoms. The van der Waals surface area contributed by atoms with Gasteiger partial charge in [-0.1, -0.05) is 26.0 Å². The zero-order chi connectivity index (χ0) is 10.8. The molecule has 0 bridgehead atoms. The smallest absolute Gasteiger partial charge is 0.115 e. The minimum atomic E-state index is 0.350. The van der Waals surface area contributed by atoms with Gasteiger partial charge in [0.25, 0.3) is 0 Å². The number of benzene rings is 1. The third-order valence-corrected chi connectivity index (χ3v) is 3.05. The molecule has 0 aliphatic carbocycles. The highest BCUT2D eigenvalue weighted by atomic mass is 16.6. The van der Waals surface area contributed by atoms with Gasteiger partial charge < -0.3 is 9.84 Å². The second-order valence-electron chi connectivity index (χ2n) is 4.40. The van der Waals surface area contributed by atoms with Crippen LogP contribution < -0.4 is 0 Å². The van der Waals surface area contributed by atoms with Crippen molar-refractivity contribution in [3.63, 3.8) is 0 Å². The molecule has 1 aliphatic heterocycles. The van der Waals surface area contributed by atoms with Gasteiger partial charge in [0.15, 0.2) is 0 Å². The van der Waals surface area contributed by atoms with E-state index in [4.69, 9.17) is 4.74 Å². The largest absolute Gasteiger partial charge is 0.508 e. The Kier molecular flexibility index (Phi) is 2.96. The Morgan fingerprint density at radius 3 is 2.87 bits per heavy atom. The van der Waals surface area contributed by atoms with Crippen LogP contribution in [0, 0.1) is 5.92 Å². The Hall–Kier alpha value is -1.02. The van der Waals surface area contributed by atoms with Gasteiger partial charge in [0, 0.05) is 0 Å². The van der Waals surface area contributed by atoms with E-state index >= 15 is 0 Å². The third kappa shape index (κ3) is 2.51. The molecular formula is C13H18O2. The van der Waals surface area contributed by atoms with Crippen LogP contribution in [0.15, 0.2) is 24.3 Å². The predicted molar refractivity (Wildman–Crippen MR) is 59.9 cm³/mol. The molecule has 0 spiro atoms. The standard InChI is InChI=1S/C13H18O2/c1-3-12-13(15-12)9(2)7-10-5-4-6-11(14)8-10/h4-6,8-9,12-14H,3,7H2,1-2H3. The second kappa shape index (κ2) is 4.23. The first-order valence-electron chi connectivity index (χ1n) is 5.64. The molecule has 0 aromatic heterocycles. The summed E-state index contributed by atoms with van der Waals surface area (Å²) in [4.78, 5) is 0. The minimum Gasteiger partial charge on any atom is -0.508 e. The quantitative estimate of drug-likeness (QED) is 0.768. The molecule has 0 amide bonds. The van der Waals surface area contributed by atoms with Crippen molar-refractivity contribution >= 4 is 0 Å². The van der Waals surface area contributed by atoms with Gasteiger partial charge in [0.1, 0.15) is 5.75 Å². The molecule has 0 saturated carbocycles. The fraction of sp³-hybridized carbons (Fsp3) is 0.538. The molecule has 1 aromatic rings. The predicted octanol–water partition coefficient (Wildman–Crippen LogP) is 2.75. The van der Waals surface area contributed by atoms with Gasteiger partial charge in [-0.2, -0.15) is 0 Å². The van der Waals surface area contributed by atoms with E-state index in [0.717, 1.165) is 12.8 Å². The van der Waals surface area contributed by atoms with Gasteiger partial charge >= 0.3 is 0 Å². The van der Waals surface area contributed by atoms with Crippen molar-refractivity contribution in [2.24, 2.45) is 5.92 Å². The first-order chi connectivity index (χ1) is 7.20. The lowest BCUT2D eigenvalue weighted by Gasteiger charge is -2.08. The van der Waals surface area contributed by atoms with Crippen LogP contribution in [-0.2, 0) is 11.2 Å². The van der Waals surface area contributed by atoms with Crippen molar-refractivity contribution in [2.75, 3.05) is 0 Å². The van der Waals surface area contributed by atoms with E-state index in [1.54, 1.807) is 6.07 Å². The molecule has 2 nitrogen and oxygen atoms in total. The van der Waals surface area contributed by atoms with Gasteiger partial charge in [-0.3, -0.25) is 0 Å². The van der Waals surface area contributed by atoms with E-state index in [9.17, 15) is 5.11 Å². The maximum absolute atomic E-state index is 9.35. The zero-order valence-electron chi connectivity index (χ0n) is 9.31. The van der Waals surface area contributed by atoms with E-state index in [-0.39, 0.29) is 0 Å². The Bertz CT molecular complexity index is 335. The highest BCUT2D eigenvalue weighted by Gasteiger charge is 2.40. The van der Waals surface area contributed by atoms with Crippen molar-refractivity contribution in [3.05, 3.63) is 29.8 Å². The lowest BCUT2D eigenvalue weighted by molar-refractivity contribution is 0.322. The molecule has 1 heterocycles. The summed E-state index contributed by atoms with van der Waals surface area (Å²) in [7, 11) is 0. The molecule has 2 rings (SSSR count). The number of epoxide rings is 1. The molecular weight excluding hydrogens is 188 g/mol. The van der Waals surface area contributed by atoms with Gasteiger partial charge in [-0.15, -0.1) is 0 Å². The van der Waals surface area contributed by atoms with Gasteiger partial charge in [0.05, 0.1) is 12.2 Å². The monoisotopic (exact) mass is 206 g/mol. The molecule has 1 fully saturated rings. The normalized spacial score (nSPS) is 26.3. The second-order valence-corrected chi connectivity index (χ2v) is 4.40. The van der Waals surface area contributed by atoms with Crippen molar-refractivity contribution in [2.45, 2.75) is 38.9 Å². The number of aromatic hydroxyl groups is 1. The van der Waals surface area contributed by atoms with Crippen LogP contribution >= 0.6 is 0 Å². The van der Waals surface area contributed by atoms with Crippen LogP contribution in [0.2, 0.25) is 0 Å². The summed E-state index contributed by atoms with van der Waals surface area (Å²) < 4.78 is 5.57. The third-order valence-electron chi connectivity index (χ3n) is 3.05. The number of phenolic OH excluding ortho intramolecular Hbond substituents is 1. The summed E-state index contributed by atoms with van der Waals surface area (Å²) in [6.45, 7) is 4.37. The van der Waals surface area contributed by atoms with E-state index in [2.05, 4.69) is 19.9 Å². The molecule has 82 valence electrons. The van der Waals surface area contributed by atoms with Crippen molar-refractivity contribution < 1.29 is 9.84 Å². The summed E-state index contributed by atoms with van der Waals surface area (Å²) in [6, 6.07) is 7.48. The number of hydrogen-bond acceptors (Lipinski definition) is 2. The summed E-state index contributed by atoms with van der Waals surface area (Å²) in [5.74, 6) is 0.889. The van der Waals surface area contributed by atoms with Gasteiger partial charge in [0.2, 0.25) is 0 Å². The van der Waals surface area contributed by atoms with Crippen LogP contribution in [0.3, 0.4) is 0 Å². The Morgan fingerprint density at radius 1 is 1.47 bits per heavy atom. The average molecular weight is 206 g/mol. The number of phenols is 1. The lowest BCUT2D eigenvalue weighted by Crippen LogP contribution is -2.09. The van der Waals surface area contributed by atoms with Crippen LogP contribution in [-0.4, -0.2) is 17.3 Å². The number of ether oxygens (including phenoxy) is 1. The SMILES string of the molecule is CCC1OC1C(C)Cc1cccc(O)c1. The highest BCUT2D eigenvalue weighted by molar-refractivity contribution is 5.27. The van der Waals surface area contributed by atoms with E-state index in [1.165, 1.54) is 5.56 Å². The van der Waals surface area contributed by atoms with Crippen LogP contribution in [0.4, 0.5) is 0 Å². The number of rotatable bonds is 4. The summed E-state index contributed by atoms with van der Waals surface area (Å²) >= 11 is 0. The molecule has 15 heavy (non-hydrogen) atoms. The molecule has 1 aromatic carbocycles. The Labute approximate surface area is 90.9 Å². The minimum absolute atomic E-state index is 0.350. The van der Waals surface area contributed by atoms with E-state index in [1.807, 2.05) is 12.1 Å². The lowest BCUT2D eigenvalue weighted by atomic mass is 9.96. The zero-order valence-corrected chi connectivity index (χ0v) is 9.31. The van der Waals surface area contributed by atoms with E-state index < -0.39 is 0 Å². The average Bonchev–Trinajstić information content (AvgIpc) is 2.96. The summed E-state index contributed by atoms with van der Waals surface area (Å²) in [6.07, 6.45) is 2.99. The van der Waals surface area contributed by atoms with Gasteiger partial charge in [-0.05, 0) is 36.5 Å². The van der Waals surface area contributed by atoms with E-state index in [0.29, 0.717) is 23.9 Å². The Balaban J connectivity index is 1.92. The molecule has 1 saturated heterocycles. The number of hydrogen-bond donors (Lipinski definition) is 1. The van der Waals surface area contributed by atoms with Crippen molar-refractivity contribution in [1.82, 2.24) is 0 Å². The fourth-order valence-corrected chi connectivity index (χ4v) is 2.16. The first-order valence-corrected chi connectivity index (χ1v) is 5.64. The molecule has 1 N–H and O–H groups in total. The Morgan fingerprint density at radius 2 is 2.27 bits per heavy atom. The molecule has 1 aliphatic rings.